The van der Waals surface area contributed by atoms with Crippen LogP contribution < -0.4 is 0 Å². The zero-order valence-electron chi connectivity index (χ0n) is 10.8. The number of aryl methyl sites for hydroxylation is 1. The molecule has 2 rings (SSSR count). The Labute approximate surface area is 118 Å². The van der Waals surface area contributed by atoms with E-state index in [1.807, 2.05) is 0 Å². The number of hydrogen-bond acceptors (Lipinski definition) is 4. The number of nitro groups is 1. The van der Waals surface area contributed by atoms with Gasteiger partial charge >= 0.3 is 11.9 Å². The summed E-state index contributed by atoms with van der Waals surface area (Å²) < 4.78 is 0. The van der Waals surface area contributed by atoms with Gasteiger partial charge in [-0.3, -0.25) is 14.9 Å². The third-order valence-corrected chi connectivity index (χ3v) is 3.13. The maximum Gasteiger partial charge on any atom is 0.352 e. The Bertz CT molecular complexity index is 734. The normalized spacial score (nSPS) is 10.7. The van der Waals surface area contributed by atoms with E-state index in [-0.39, 0.29) is 30.6 Å². The summed E-state index contributed by atoms with van der Waals surface area (Å²) in [5.74, 6) is -2.16. The molecule has 8 heteroatoms. The third-order valence-electron chi connectivity index (χ3n) is 3.13. The number of nitrogens with one attached hydrogen (secondary N) is 1. The van der Waals surface area contributed by atoms with Gasteiger partial charge in [0.1, 0.15) is 5.69 Å². The van der Waals surface area contributed by atoms with E-state index in [1.54, 1.807) is 0 Å². The zero-order chi connectivity index (χ0) is 15.6. The first-order valence-electron chi connectivity index (χ1n) is 6.14. The minimum absolute atomic E-state index is 0.0594. The molecule has 0 fully saturated rings. The van der Waals surface area contributed by atoms with Crippen LogP contribution >= 0.6 is 0 Å². The number of benzene rings is 1. The molecule has 1 aromatic heterocycles. The number of fused-ring (bicyclic) bond motifs is 1. The monoisotopic (exact) mass is 292 g/mol. The van der Waals surface area contributed by atoms with Crippen LogP contribution in [0, 0.1) is 10.1 Å². The summed E-state index contributed by atoms with van der Waals surface area (Å²) in [5, 5.41) is 29.0. The molecule has 0 radical (unpaired) electrons. The van der Waals surface area contributed by atoms with Crippen LogP contribution in [-0.2, 0) is 11.2 Å². The largest absolute Gasteiger partial charge is 0.481 e. The van der Waals surface area contributed by atoms with Gasteiger partial charge in [0.05, 0.1) is 4.92 Å². The van der Waals surface area contributed by atoms with Crippen molar-refractivity contribution in [3.8, 4) is 0 Å². The fraction of sp³-hybridized carbons (Fsp3) is 0.231. The number of aliphatic carboxylic acids is 1. The average Bonchev–Trinajstić information content (AvgIpc) is 2.76. The number of carboxylic acids is 2. The van der Waals surface area contributed by atoms with E-state index >= 15 is 0 Å². The fourth-order valence-electron chi connectivity index (χ4n) is 2.21. The summed E-state index contributed by atoms with van der Waals surface area (Å²) in [4.78, 5) is 34.7. The molecule has 110 valence electrons. The maximum atomic E-state index is 11.2. The number of aromatic amines is 1. The summed E-state index contributed by atoms with van der Waals surface area (Å²) >= 11 is 0. The van der Waals surface area contributed by atoms with Crippen molar-refractivity contribution in [3.05, 3.63) is 39.6 Å². The molecule has 0 aliphatic heterocycles. The molecule has 1 aromatic carbocycles. The molecule has 0 saturated heterocycles. The van der Waals surface area contributed by atoms with E-state index in [9.17, 15) is 24.8 Å². The highest BCUT2D eigenvalue weighted by atomic mass is 16.6. The maximum absolute atomic E-state index is 11.2. The zero-order valence-corrected chi connectivity index (χ0v) is 10.8. The lowest BCUT2D eigenvalue weighted by Gasteiger charge is -2.00. The number of rotatable bonds is 6. The van der Waals surface area contributed by atoms with Crippen molar-refractivity contribution in [2.24, 2.45) is 0 Å². The topological polar surface area (TPSA) is 134 Å². The number of nitro benzene ring substituents is 1. The molecule has 1 heterocycles. The smallest absolute Gasteiger partial charge is 0.352 e. The van der Waals surface area contributed by atoms with Gasteiger partial charge in [-0.25, -0.2) is 4.79 Å². The standard InChI is InChI=1S/C13H12N2O6/c16-11(17)3-1-2-8-9-6-7(15(20)21)4-5-10(9)14-12(8)13(18)19/h4-6,14H,1-3H2,(H,16,17)(H,18,19). The highest BCUT2D eigenvalue weighted by Gasteiger charge is 2.19. The molecule has 0 aliphatic carbocycles. The second-order valence-corrected chi connectivity index (χ2v) is 4.52. The van der Waals surface area contributed by atoms with Gasteiger partial charge in [-0.15, -0.1) is 0 Å². The summed E-state index contributed by atoms with van der Waals surface area (Å²) in [6.45, 7) is 0. The van der Waals surface area contributed by atoms with Crippen molar-refractivity contribution in [1.82, 2.24) is 4.98 Å². The highest BCUT2D eigenvalue weighted by Crippen LogP contribution is 2.28. The van der Waals surface area contributed by atoms with Crippen molar-refractivity contribution >= 4 is 28.5 Å². The molecular formula is C13H12N2O6. The first-order chi connectivity index (χ1) is 9.90. The molecule has 21 heavy (non-hydrogen) atoms. The van der Waals surface area contributed by atoms with Crippen molar-refractivity contribution in [3.63, 3.8) is 0 Å². The molecule has 8 nitrogen and oxygen atoms in total. The summed E-state index contributed by atoms with van der Waals surface area (Å²) in [7, 11) is 0. The van der Waals surface area contributed by atoms with Crippen molar-refractivity contribution in [2.75, 3.05) is 0 Å². The quantitative estimate of drug-likeness (QED) is 0.552. The number of carbonyl (C=O) groups is 2. The Morgan fingerprint density at radius 3 is 2.57 bits per heavy atom. The van der Waals surface area contributed by atoms with Gasteiger partial charge in [0.25, 0.3) is 5.69 Å². The molecule has 2 aromatic rings. The predicted molar refractivity (Wildman–Crippen MR) is 72.5 cm³/mol. The highest BCUT2D eigenvalue weighted by molar-refractivity contribution is 5.98. The second-order valence-electron chi connectivity index (χ2n) is 4.52. The molecule has 0 saturated carbocycles. The van der Waals surface area contributed by atoms with Crippen LogP contribution in [0.15, 0.2) is 18.2 Å². The Kier molecular flexibility index (Phi) is 3.88. The minimum Gasteiger partial charge on any atom is -0.481 e. The molecule has 0 spiro atoms. The van der Waals surface area contributed by atoms with E-state index in [0.29, 0.717) is 16.5 Å². The van der Waals surface area contributed by atoms with Crippen LogP contribution in [0.3, 0.4) is 0 Å². The van der Waals surface area contributed by atoms with E-state index < -0.39 is 16.9 Å². The van der Waals surface area contributed by atoms with Crippen LogP contribution in [-0.4, -0.2) is 32.1 Å². The first kappa shape index (κ1) is 14.5. The Hall–Kier alpha value is -2.90. The van der Waals surface area contributed by atoms with Crippen LogP contribution in [0.1, 0.15) is 28.9 Å². The van der Waals surface area contributed by atoms with Crippen LogP contribution in [0.4, 0.5) is 5.69 Å². The Balaban J connectivity index is 2.48. The number of H-pyrrole nitrogens is 1. The van der Waals surface area contributed by atoms with Gasteiger partial charge in [0.15, 0.2) is 0 Å². The van der Waals surface area contributed by atoms with Crippen LogP contribution in [0.2, 0.25) is 0 Å². The van der Waals surface area contributed by atoms with E-state index in [4.69, 9.17) is 5.11 Å². The van der Waals surface area contributed by atoms with E-state index in [0.717, 1.165) is 0 Å². The molecule has 3 N–H and O–H groups in total. The van der Waals surface area contributed by atoms with Crippen molar-refractivity contribution in [2.45, 2.75) is 19.3 Å². The lowest BCUT2D eigenvalue weighted by Crippen LogP contribution is -2.03. The summed E-state index contributed by atoms with van der Waals surface area (Å²) in [6.07, 6.45) is 0.376. The number of aromatic carboxylic acids is 1. The van der Waals surface area contributed by atoms with Crippen LogP contribution in [0.5, 0.6) is 0 Å². The number of aromatic nitrogens is 1. The Morgan fingerprint density at radius 1 is 1.29 bits per heavy atom. The lowest BCUT2D eigenvalue weighted by atomic mass is 10.0. The van der Waals surface area contributed by atoms with Crippen molar-refractivity contribution < 1.29 is 24.7 Å². The second kappa shape index (κ2) is 5.61. The molecule has 0 atom stereocenters. The number of nitrogens with zero attached hydrogens (tertiary/aromatic N) is 1. The number of carboxylic acid groups (broad SMARTS) is 2. The van der Waals surface area contributed by atoms with E-state index in [2.05, 4.69) is 4.98 Å². The van der Waals surface area contributed by atoms with Crippen LogP contribution in [0.25, 0.3) is 10.9 Å². The third kappa shape index (κ3) is 2.99. The molecule has 0 amide bonds. The predicted octanol–water partition coefficient (Wildman–Crippen LogP) is 2.18. The van der Waals surface area contributed by atoms with Gasteiger partial charge in [0.2, 0.25) is 0 Å². The number of non-ortho nitro benzene ring substituents is 1. The summed E-state index contributed by atoms with van der Waals surface area (Å²) in [6, 6.07) is 4.03. The minimum atomic E-state index is -1.18. The molecule has 0 bridgehead atoms. The molecular weight excluding hydrogens is 280 g/mol. The lowest BCUT2D eigenvalue weighted by molar-refractivity contribution is -0.384. The molecule has 0 aliphatic rings. The van der Waals surface area contributed by atoms with Crippen molar-refractivity contribution in [1.29, 1.82) is 0 Å². The van der Waals surface area contributed by atoms with Gasteiger partial charge in [0, 0.05) is 29.5 Å². The summed E-state index contributed by atoms with van der Waals surface area (Å²) in [5.41, 5.74) is 0.666. The van der Waals surface area contributed by atoms with Gasteiger partial charge in [-0.2, -0.15) is 0 Å². The van der Waals surface area contributed by atoms with Gasteiger partial charge < -0.3 is 15.2 Å². The van der Waals surface area contributed by atoms with E-state index in [1.165, 1.54) is 18.2 Å². The molecule has 0 unspecified atom stereocenters. The van der Waals surface area contributed by atoms with Gasteiger partial charge in [-0.1, -0.05) is 0 Å². The number of hydrogen-bond donors (Lipinski definition) is 3. The van der Waals surface area contributed by atoms with Gasteiger partial charge in [-0.05, 0) is 24.5 Å². The fourth-order valence-corrected chi connectivity index (χ4v) is 2.21. The SMILES string of the molecule is O=C(O)CCCc1c(C(=O)O)[nH]c2ccc([N+](=O)[O-])cc12. The first-order valence-corrected chi connectivity index (χ1v) is 6.14. The Morgan fingerprint density at radius 2 is 2.00 bits per heavy atom. The average molecular weight is 292 g/mol.